The van der Waals surface area contributed by atoms with E-state index in [9.17, 15) is 13.6 Å². The molecule has 12 heteroatoms. The number of pyridine rings is 1. The number of methoxy groups -OCH3 is 1. The third-order valence-electron chi connectivity index (χ3n) is 6.04. The number of benzene rings is 2. The normalized spacial score (nSPS) is 11.6. The Bertz CT molecular complexity index is 1870. The van der Waals surface area contributed by atoms with Crippen LogP contribution in [0.25, 0.3) is 16.6 Å². The van der Waals surface area contributed by atoms with E-state index in [1.165, 1.54) is 19.5 Å². The van der Waals surface area contributed by atoms with Gasteiger partial charge in [-0.2, -0.15) is 0 Å². The first kappa shape index (κ1) is 27.6. The number of aryl methyl sites for hydroxylation is 1. The Morgan fingerprint density at radius 2 is 1.88 bits per heavy atom. The number of ether oxygens (including phenoxy) is 1. The van der Waals surface area contributed by atoms with Crippen LogP contribution in [0.1, 0.15) is 28.7 Å². The molecule has 0 aliphatic heterocycles. The zero-order valence-electron chi connectivity index (χ0n) is 21.8. The molecule has 0 fully saturated rings. The number of hydrogen-bond acceptors (Lipinski definition) is 8. The lowest BCUT2D eigenvalue weighted by molar-refractivity contribution is 0.183. The van der Waals surface area contributed by atoms with Crippen molar-refractivity contribution in [1.29, 1.82) is 0 Å². The maximum absolute atomic E-state index is 14.3. The van der Waals surface area contributed by atoms with Crippen molar-refractivity contribution >= 4 is 34.1 Å². The number of nitrogens with zero attached hydrogens (tertiary/aromatic N) is 5. The van der Waals surface area contributed by atoms with Crippen molar-refractivity contribution in [3.05, 3.63) is 111 Å². The molecule has 3 aromatic heterocycles. The summed E-state index contributed by atoms with van der Waals surface area (Å²) in [5, 5.41) is 3.40. The predicted octanol–water partition coefficient (Wildman–Crippen LogP) is 4.59. The van der Waals surface area contributed by atoms with E-state index in [0.29, 0.717) is 11.8 Å². The van der Waals surface area contributed by atoms with Gasteiger partial charge in [-0.25, -0.2) is 28.7 Å². The standard InChI is InChI=1S/C29H22ClF2N7O2/c1-16-6-7-19(34-13-16)8-9-21-26(33)35-15-36-27(21)37-24(14-41-2)28-38-23-5-3-4-22(30)25(23)29(40)39(28)20-11-17(31)10-18(32)12-20/h3-7,10-13,15,24H,14H2,1-2H3,(H3,33,35,36,37). The summed E-state index contributed by atoms with van der Waals surface area (Å²) in [6, 6.07) is 10.3. The van der Waals surface area contributed by atoms with Gasteiger partial charge in [0.2, 0.25) is 0 Å². The Morgan fingerprint density at radius 3 is 2.59 bits per heavy atom. The number of nitrogen functional groups attached to an aromatic ring is 1. The average molecular weight is 574 g/mol. The molecule has 1 unspecified atom stereocenters. The van der Waals surface area contributed by atoms with E-state index in [4.69, 9.17) is 22.1 Å². The first-order chi connectivity index (χ1) is 19.7. The summed E-state index contributed by atoms with van der Waals surface area (Å²) in [4.78, 5) is 31.1. The highest BCUT2D eigenvalue weighted by Crippen LogP contribution is 2.27. The molecular weight excluding hydrogens is 552 g/mol. The van der Waals surface area contributed by atoms with E-state index in [1.54, 1.807) is 24.4 Å². The molecule has 1 atom stereocenters. The zero-order chi connectivity index (χ0) is 29.1. The van der Waals surface area contributed by atoms with Crippen LogP contribution < -0.4 is 16.6 Å². The van der Waals surface area contributed by atoms with Crippen molar-refractivity contribution in [1.82, 2.24) is 24.5 Å². The van der Waals surface area contributed by atoms with Gasteiger partial charge in [0.1, 0.15) is 52.7 Å². The molecule has 0 spiro atoms. The molecule has 2 aromatic carbocycles. The molecule has 0 amide bonds. The van der Waals surface area contributed by atoms with Crippen LogP contribution in [0.4, 0.5) is 20.4 Å². The quantitative estimate of drug-likeness (QED) is 0.283. The monoisotopic (exact) mass is 573 g/mol. The second-order valence-corrected chi connectivity index (χ2v) is 9.38. The van der Waals surface area contributed by atoms with Crippen LogP contribution in [0, 0.1) is 30.4 Å². The van der Waals surface area contributed by atoms with Crippen LogP contribution in [-0.4, -0.2) is 38.2 Å². The summed E-state index contributed by atoms with van der Waals surface area (Å²) in [5.41, 5.74) is 7.47. The predicted molar refractivity (Wildman–Crippen MR) is 152 cm³/mol. The maximum atomic E-state index is 14.3. The maximum Gasteiger partial charge on any atom is 0.267 e. The highest BCUT2D eigenvalue weighted by molar-refractivity contribution is 6.35. The van der Waals surface area contributed by atoms with Crippen LogP contribution >= 0.6 is 11.6 Å². The Hall–Kier alpha value is -4.92. The SMILES string of the molecule is COCC(Nc1ncnc(N)c1C#Cc1ccc(C)cn1)c1nc2cccc(Cl)c2c(=O)n1-c1cc(F)cc(F)c1. The summed E-state index contributed by atoms with van der Waals surface area (Å²) in [5.74, 6) is 4.54. The second-order valence-electron chi connectivity index (χ2n) is 8.98. The Balaban J connectivity index is 1.69. The molecule has 0 saturated carbocycles. The van der Waals surface area contributed by atoms with Gasteiger partial charge in [-0.3, -0.25) is 9.36 Å². The fraction of sp³-hybridized carbons (Fsp3) is 0.138. The van der Waals surface area contributed by atoms with Crippen LogP contribution in [0.3, 0.4) is 0 Å². The van der Waals surface area contributed by atoms with Crippen molar-refractivity contribution < 1.29 is 13.5 Å². The summed E-state index contributed by atoms with van der Waals surface area (Å²) >= 11 is 6.35. The van der Waals surface area contributed by atoms with Gasteiger partial charge in [-0.15, -0.1) is 0 Å². The van der Waals surface area contributed by atoms with Crippen molar-refractivity contribution in [3.8, 4) is 17.5 Å². The van der Waals surface area contributed by atoms with Gasteiger partial charge in [0.05, 0.1) is 28.2 Å². The molecule has 0 aliphatic rings. The highest BCUT2D eigenvalue weighted by Gasteiger charge is 2.24. The van der Waals surface area contributed by atoms with E-state index in [0.717, 1.165) is 22.3 Å². The van der Waals surface area contributed by atoms with Crippen LogP contribution in [0.5, 0.6) is 0 Å². The molecule has 0 radical (unpaired) electrons. The molecule has 5 aromatic rings. The molecule has 5 rings (SSSR count). The van der Waals surface area contributed by atoms with E-state index < -0.39 is 23.2 Å². The van der Waals surface area contributed by atoms with Crippen LogP contribution in [0.15, 0.2) is 65.8 Å². The minimum atomic E-state index is -0.880. The minimum Gasteiger partial charge on any atom is -0.382 e. The summed E-state index contributed by atoms with van der Waals surface area (Å²) < 4.78 is 35.2. The van der Waals surface area contributed by atoms with Gasteiger partial charge in [0.15, 0.2) is 0 Å². The van der Waals surface area contributed by atoms with Gasteiger partial charge in [0.25, 0.3) is 5.56 Å². The van der Waals surface area contributed by atoms with Gasteiger partial charge >= 0.3 is 0 Å². The Kier molecular flexibility index (Phi) is 7.87. The van der Waals surface area contributed by atoms with Crippen molar-refractivity contribution in [2.75, 3.05) is 24.8 Å². The van der Waals surface area contributed by atoms with E-state index in [2.05, 4.69) is 37.1 Å². The third-order valence-corrected chi connectivity index (χ3v) is 6.35. The molecule has 41 heavy (non-hydrogen) atoms. The number of fused-ring (bicyclic) bond motifs is 1. The number of nitrogens with one attached hydrogen (secondary N) is 1. The molecule has 0 aliphatic carbocycles. The van der Waals surface area contributed by atoms with E-state index in [1.807, 2.05) is 13.0 Å². The van der Waals surface area contributed by atoms with Crippen molar-refractivity contribution in [3.63, 3.8) is 0 Å². The van der Waals surface area contributed by atoms with Gasteiger partial charge in [-0.05, 0) is 48.7 Å². The van der Waals surface area contributed by atoms with Crippen LogP contribution in [0.2, 0.25) is 5.02 Å². The Labute approximate surface area is 238 Å². The van der Waals surface area contributed by atoms with E-state index in [-0.39, 0.29) is 51.2 Å². The first-order valence-corrected chi connectivity index (χ1v) is 12.6. The van der Waals surface area contributed by atoms with Gasteiger partial charge < -0.3 is 15.8 Å². The molecule has 206 valence electrons. The first-order valence-electron chi connectivity index (χ1n) is 12.2. The van der Waals surface area contributed by atoms with Crippen molar-refractivity contribution in [2.45, 2.75) is 13.0 Å². The second kappa shape index (κ2) is 11.7. The molecule has 3 N–H and O–H groups in total. The summed E-state index contributed by atoms with van der Waals surface area (Å²) in [6.07, 6.45) is 2.94. The van der Waals surface area contributed by atoms with Crippen LogP contribution in [-0.2, 0) is 4.74 Å². The summed E-state index contributed by atoms with van der Waals surface area (Å²) in [6.45, 7) is 1.88. The zero-order valence-corrected chi connectivity index (χ0v) is 22.6. The average Bonchev–Trinajstić information content (AvgIpc) is 2.92. The lowest BCUT2D eigenvalue weighted by Gasteiger charge is -2.23. The lowest BCUT2D eigenvalue weighted by atomic mass is 10.1. The number of nitrogens with two attached hydrogens (primary N) is 1. The molecule has 0 saturated heterocycles. The number of anilines is 2. The fourth-order valence-corrected chi connectivity index (χ4v) is 4.42. The fourth-order valence-electron chi connectivity index (χ4n) is 4.17. The molecule has 9 nitrogen and oxygen atoms in total. The molecular formula is C29H22ClF2N7O2. The number of rotatable bonds is 6. The smallest absolute Gasteiger partial charge is 0.267 e. The Morgan fingerprint density at radius 1 is 1.10 bits per heavy atom. The summed E-state index contributed by atoms with van der Waals surface area (Å²) in [7, 11) is 1.45. The largest absolute Gasteiger partial charge is 0.382 e. The van der Waals surface area contributed by atoms with Gasteiger partial charge in [-0.1, -0.05) is 29.7 Å². The number of hydrogen-bond donors (Lipinski definition) is 2. The van der Waals surface area contributed by atoms with Crippen molar-refractivity contribution in [2.24, 2.45) is 0 Å². The van der Waals surface area contributed by atoms with Gasteiger partial charge in [0, 0.05) is 19.4 Å². The lowest BCUT2D eigenvalue weighted by Crippen LogP contribution is -2.31. The van der Waals surface area contributed by atoms with E-state index >= 15 is 0 Å². The highest BCUT2D eigenvalue weighted by atomic mass is 35.5. The number of aromatic nitrogens is 5. The molecule has 0 bridgehead atoms. The third kappa shape index (κ3) is 5.84. The number of halogens is 3. The topological polar surface area (TPSA) is 121 Å². The minimum absolute atomic E-state index is 0.0351. The molecule has 3 heterocycles.